The summed E-state index contributed by atoms with van der Waals surface area (Å²) in [4.78, 5) is 9.16. The van der Waals surface area contributed by atoms with E-state index < -0.39 is 0 Å². The third kappa shape index (κ3) is 2.01. The standard InChI is InChI=1S/C16H13N5O2/c1-2-14-19-13(16-20-18-9-23-16)7-21(14)15-10(1)5-12(6-17-15)11-3-4-22-8-11/h1-2,5-7,9,11H,3-4,8H2. The summed E-state index contributed by atoms with van der Waals surface area (Å²) in [6.07, 6.45) is 6.16. The molecular weight excluding hydrogens is 294 g/mol. The van der Waals surface area contributed by atoms with Crippen LogP contribution in [-0.2, 0) is 4.74 Å². The van der Waals surface area contributed by atoms with Crippen LogP contribution in [0.4, 0.5) is 0 Å². The van der Waals surface area contributed by atoms with Crippen molar-refractivity contribution in [3.8, 4) is 11.6 Å². The molecule has 0 bridgehead atoms. The molecule has 4 aromatic heterocycles. The number of rotatable bonds is 2. The van der Waals surface area contributed by atoms with Gasteiger partial charge in [0.25, 0.3) is 5.89 Å². The van der Waals surface area contributed by atoms with Crippen LogP contribution in [0.25, 0.3) is 28.3 Å². The van der Waals surface area contributed by atoms with Gasteiger partial charge in [0.2, 0.25) is 6.39 Å². The Morgan fingerprint density at radius 2 is 2.26 bits per heavy atom. The molecule has 4 aromatic rings. The summed E-state index contributed by atoms with van der Waals surface area (Å²) in [5.74, 6) is 0.848. The average Bonchev–Trinajstić information content (AvgIpc) is 3.34. The van der Waals surface area contributed by atoms with Crippen molar-refractivity contribution in [1.29, 1.82) is 0 Å². The largest absolute Gasteiger partial charge is 0.422 e. The summed E-state index contributed by atoms with van der Waals surface area (Å²) in [5, 5.41) is 8.67. The van der Waals surface area contributed by atoms with Crippen molar-refractivity contribution in [2.75, 3.05) is 13.2 Å². The van der Waals surface area contributed by atoms with E-state index in [-0.39, 0.29) is 0 Å². The highest BCUT2D eigenvalue weighted by Crippen LogP contribution is 2.27. The zero-order valence-corrected chi connectivity index (χ0v) is 12.2. The Morgan fingerprint density at radius 3 is 3.09 bits per heavy atom. The number of hydrogen-bond acceptors (Lipinski definition) is 6. The third-order valence-corrected chi connectivity index (χ3v) is 4.27. The highest BCUT2D eigenvalue weighted by molar-refractivity contribution is 5.79. The van der Waals surface area contributed by atoms with Crippen molar-refractivity contribution in [3.63, 3.8) is 0 Å². The van der Waals surface area contributed by atoms with Crippen molar-refractivity contribution in [2.24, 2.45) is 0 Å². The fraction of sp³-hybridized carbons (Fsp3) is 0.250. The average molecular weight is 307 g/mol. The lowest BCUT2D eigenvalue weighted by molar-refractivity contribution is 0.194. The molecule has 7 nitrogen and oxygen atoms in total. The Hall–Kier alpha value is -2.80. The number of aromatic nitrogens is 5. The molecule has 5 rings (SSSR count). The fourth-order valence-corrected chi connectivity index (χ4v) is 3.07. The Labute approximate surface area is 130 Å². The van der Waals surface area contributed by atoms with Gasteiger partial charge in [0, 0.05) is 30.3 Å². The highest BCUT2D eigenvalue weighted by Gasteiger charge is 2.19. The lowest BCUT2D eigenvalue weighted by Gasteiger charge is -2.09. The van der Waals surface area contributed by atoms with Crippen LogP contribution in [0.2, 0.25) is 0 Å². The van der Waals surface area contributed by atoms with Gasteiger partial charge in [-0.2, -0.15) is 0 Å². The van der Waals surface area contributed by atoms with Gasteiger partial charge in [0.1, 0.15) is 17.0 Å². The molecule has 7 heteroatoms. The van der Waals surface area contributed by atoms with Gasteiger partial charge in [-0.25, -0.2) is 9.97 Å². The summed E-state index contributed by atoms with van der Waals surface area (Å²) in [5.41, 5.74) is 3.54. The van der Waals surface area contributed by atoms with Crippen molar-refractivity contribution in [2.45, 2.75) is 12.3 Å². The molecule has 0 aliphatic carbocycles. The first-order valence-corrected chi connectivity index (χ1v) is 7.50. The van der Waals surface area contributed by atoms with E-state index >= 15 is 0 Å². The first-order chi connectivity index (χ1) is 11.4. The number of ether oxygens (including phenoxy) is 1. The van der Waals surface area contributed by atoms with Gasteiger partial charge >= 0.3 is 0 Å². The van der Waals surface area contributed by atoms with E-state index in [9.17, 15) is 0 Å². The van der Waals surface area contributed by atoms with Gasteiger partial charge < -0.3 is 9.15 Å². The van der Waals surface area contributed by atoms with Gasteiger partial charge in [-0.05, 0) is 30.2 Å². The van der Waals surface area contributed by atoms with E-state index in [2.05, 4.69) is 26.2 Å². The SMILES string of the molecule is c1nnc(-c2cn3c(ccc4cc(C5CCOC5)cnc43)n2)o1. The normalized spacial score (nSPS) is 18.2. The smallest absolute Gasteiger partial charge is 0.267 e. The predicted octanol–water partition coefficient (Wildman–Crippen LogP) is 2.44. The Balaban J connectivity index is 1.67. The van der Waals surface area contributed by atoms with Gasteiger partial charge in [-0.1, -0.05) is 0 Å². The summed E-state index contributed by atoms with van der Waals surface area (Å²) < 4.78 is 12.6. The topological polar surface area (TPSA) is 78.3 Å². The number of pyridine rings is 2. The molecule has 0 amide bonds. The minimum Gasteiger partial charge on any atom is -0.422 e. The molecule has 1 unspecified atom stereocenters. The zero-order chi connectivity index (χ0) is 15.2. The summed E-state index contributed by atoms with van der Waals surface area (Å²) in [7, 11) is 0. The van der Waals surface area contributed by atoms with Crippen LogP contribution in [0, 0.1) is 0 Å². The first kappa shape index (κ1) is 12.7. The molecule has 1 atom stereocenters. The second kappa shape index (κ2) is 4.85. The Morgan fingerprint density at radius 1 is 1.26 bits per heavy atom. The van der Waals surface area contributed by atoms with Crippen LogP contribution in [0.1, 0.15) is 17.9 Å². The van der Waals surface area contributed by atoms with Crippen molar-refractivity contribution in [1.82, 2.24) is 24.6 Å². The quantitative estimate of drug-likeness (QED) is 0.566. The van der Waals surface area contributed by atoms with E-state index in [1.165, 1.54) is 12.0 Å². The van der Waals surface area contributed by atoms with Crippen molar-refractivity contribution in [3.05, 3.63) is 42.5 Å². The number of fused-ring (bicyclic) bond motifs is 3. The first-order valence-electron chi connectivity index (χ1n) is 7.50. The molecule has 1 fully saturated rings. The van der Waals surface area contributed by atoms with Crippen LogP contribution in [0.3, 0.4) is 0 Å². The minimum atomic E-state index is 0.404. The molecule has 23 heavy (non-hydrogen) atoms. The van der Waals surface area contributed by atoms with E-state index in [1.54, 1.807) is 0 Å². The molecule has 1 saturated heterocycles. The molecule has 0 radical (unpaired) electrons. The second-order valence-corrected chi connectivity index (χ2v) is 5.67. The molecule has 0 saturated carbocycles. The van der Waals surface area contributed by atoms with Crippen molar-refractivity contribution >= 4 is 16.7 Å². The van der Waals surface area contributed by atoms with Crippen molar-refractivity contribution < 1.29 is 9.15 Å². The summed E-state index contributed by atoms with van der Waals surface area (Å²) >= 11 is 0. The molecule has 1 aliphatic rings. The third-order valence-electron chi connectivity index (χ3n) is 4.27. The van der Waals surface area contributed by atoms with Gasteiger partial charge in [-0.15, -0.1) is 10.2 Å². The maximum Gasteiger partial charge on any atom is 0.267 e. The Kier molecular flexibility index (Phi) is 2.68. The molecular formula is C16H13N5O2. The molecule has 0 aromatic carbocycles. The zero-order valence-electron chi connectivity index (χ0n) is 12.2. The molecule has 1 aliphatic heterocycles. The highest BCUT2D eigenvalue weighted by atomic mass is 16.5. The van der Waals surface area contributed by atoms with Crippen LogP contribution in [-0.4, -0.2) is 37.8 Å². The number of nitrogens with zero attached hydrogens (tertiary/aromatic N) is 5. The van der Waals surface area contributed by atoms with Crippen LogP contribution < -0.4 is 0 Å². The lowest BCUT2D eigenvalue weighted by atomic mass is 9.99. The van der Waals surface area contributed by atoms with E-state index in [4.69, 9.17) is 9.15 Å². The van der Waals surface area contributed by atoms with E-state index in [1.807, 2.05) is 28.9 Å². The molecule has 114 valence electrons. The van der Waals surface area contributed by atoms with Crippen LogP contribution in [0.5, 0.6) is 0 Å². The van der Waals surface area contributed by atoms with E-state index in [0.717, 1.165) is 36.3 Å². The minimum absolute atomic E-state index is 0.404. The van der Waals surface area contributed by atoms with Gasteiger partial charge in [0.05, 0.1) is 6.61 Å². The molecule has 0 spiro atoms. The molecule has 0 N–H and O–H groups in total. The van der Waals surface area contributed by atoms with Gasteiger partial charge in [-0.3, -0.25) is 4.40 Å². The number of hydrogen-bond donors (Lipinski definition) is 0. The maximum absolute atomic E-state index is 5.47. The summed E-state index contributed by atoms with van der Waals surface area (Å²) in [6, 6.07) is 6.20. The second-order valence-electron chi connectivity index (χ2n) is 5.67. The number of imidazole rings is 1. The Bertz CT molecular complexity index is 986. The van der Waals surface area contributed by atoms with Crippen LogP contribution >= 0.6 is 0 Å². The van der Waals surface area contributed by atoms with Crippen LogP contribution in [0.15, 0.2) is 41.4 Å². The fourth-order valence-electron chi connectivity index (χ4n) is 3.07. The van der Waals surface area contributed by atoms with Gasteiger partial charge in [0.15, 0.2) is 0 Å². The predicted molar refractivity (Wildman–Crippen MR) is 82.0 cm³/mol. The van der Waals surface area contributed by atoms with E-state index in [0.29, 0.717) is 17.5 Å². The maximum atomic E-state index is 5.47. The lowest BCUT2D eigenvalue weighted by Crippen LogP contribution is -1.99. The summed E-state index contributed by atoms with van der Waals surface area (Å²) in [6.45, 7) is 1.61. The molecule has 5 heterocycles. The monoisotopic (exact) mass is 307 g/mol.